The fourth-order valence-electron chi connectivity index (χ4n) is 6.22. The van der Waals surface area contributed by atoms with E-state index in [0.717, 1.165) is 37.0 Å². The molecule has 1 saturated heterocycles. The number of ether oxygens (including phenoxy) is 1. The monoisotopic (exact) mass is 406 g/mol. The summed E-state index contributed by atoms with van der Waals surface area (Å²) in [5, 5.41) is 5.68. The minimum atomic E-state index is -0.567. The minimum Gasteiger partial charge on any atom is -0.378 e. The number of rotatable bonds is 5. The molecule has 0 aromatic carbocycles. The molecular weight excluding hydrogens is 372 g/mol. The first kappa shape index (κ1) is 20.6. The summed E-state index contributed by atoms with van der Waals surface area (Å²) in [5.41, 5.74) is -0.124. The molecule has 0 aromatic heterocycles. The number of nitrogens with one attached hydrogen (secondary N) is 2. The van der Waals surface area contributed by atoms with Crippen LogP contribution in [0.5, 0.6) is 0 Å². The Morgan fingerprint density at radius 3 is 2.17 bits per heavy atom. The fourth-order valence-corrected chi connectivity index (χ4v) is 6.22. The molecule has 1 heterocycles. The maximum atomic E-state index is 12.6. The van der Waals surface area contributed by atoms with Gasteiger partial charge < -0.3 is 15.0 Å². The Hall–Kier alpha value is -1.67. The zero-order valence-electron chi connectivity index (χ0n) is 17.6. The zero-order chi connectivity index (χ0) is 20.6. The first-order chi connectivity index (χ1) is 13.8. The molecule has 162 valence electrons. The SMILES string of the molecule is C[C@H](C(=O)NC(=O)NC12CC3CC(CC(C3)C1)C2)N(C)CC(=O)N1CCOCC1. The lowest BCUT2D eigenvalue weighted by Crippen LogP contribution is -2.62. The van der Waals surface area contributed by atoms with Crippen LogP contribution in [0.1, 0.15) is 45.4 Å². The van der Waals surface area contributed by atoms with Crippen LogP contribution in [0.2, 0.25) is 0 Å². The van der Waals surface area contributed by atoms with E-state index in [9.17, 15) is 14.4 Å². The number of likely N-dealkylation sites (N-methyl/N-ethyl adjacent to an activating group) is 1. The molecule has 1 atom stereocenters. The highest BCUT2D eigenvalue weighted by Gasteiger charge is 2.51. The van der Waals surface area contributed by atoms with Gasteiger partial charge >= 0.3 is 6.03 Å². The predicted molar refractivity (Wildman–Crippen MR) is 107 cm³/mol. The number of carbonyl (C=O) groups is 3. The van der Waals surface area contributed by atoms with Gasteiger partial charge in [-0.05, 0) is 70.3 Å². The lowest BCUT2D eigenvalue weighted by atomic mass is 9.53. The van der Waals surface area contributed by atoms with Crippen molar-refractivity contribution in [1.82, 2.24) is 20.4 Å². The molecule has 5 fully saturated rings. The van der Waals surface area contributed by atoms with Crippen molar-refractivity contribution < 1.29 is 19.1 Å². The van der Waals surface area contributed by atoms with Gasteiger partial charge in [0.25, 0.3) is 0 Å². The van der Waals surface area contributed by atoms with E-state index < -0.39 is 12.1 Å². The van der Waals surface area contributed by atoms with Crippen LogP contribution in [0.15, 0.2) is 0 Å². The number of nitrogens with zero attached hydrogens (tertiary/aromatic N) is 2. The van der Waals surface area contributed by atoms with Crippen LogP contribution in [0.25, 0.3) is 0 Å². The Morgan fingerprint density at radius 2 is 1.62 bits per heavy atom. The fraction of sp³-hybridized carbons (Fsp3) is 0.857. The normalized spacial score (nSPS) is 34.2. The summed E-state index contributed by atoms with van der Waals surface area (Å²) in [4.78, 5) is 41.0. The van der Waals surface area contributed by atoms with Crippen molar-refractivity contribution in [2.75, 3.05) is 39.9 Å². The summed E-state index contributed by atoms with van der Waals surface area (Å²) in [5.74, 6) is 1.80. The molecule has 2 N–H and O–H groups in total. The molecule has 4 amide bonds. The Balaban J connectivity index is 1.26. The molecule has 5 aliphatic rings. The van der Waals surface area contributed by atoms with Gasteiger partial charge in [-0.3, -0.25) is 19.8 Å². The third kappa shape index (κ3) is 4.58. The van der Waals surface area contributed by atoms with Crippen molar-refractivity contribution in [3.63, 3.8) is 0 Å². The Morgan fingerprint density at radius 1 is 1.07 bits per heavy atom. The molecule has 8 nitrogen and oxygen atoms in total. The molecule has 0 radical (unpaired) electrons. The summed E-state index contributed by atoms with van der Waals surface area (Å²) < 4.78 is 5.27. The predicted octanol–water partition coefficient (Wildman–Crippen LogP) is 0.960. The number of morpholine rings is 1. The molecule has 0 spiro atoms. The maximum Gasteiger partial charge on any atom is 0.321 e. The van der Waals surface area contributed by atoms with E-state index >= 15 is 0 Å². The van der Waals surface area contributed by atoms with E-state index in [0.29, 0.717) is 26.3 Å². The number of carbonyl (C=O) groups excluding carboxylic acids is 3. The molecule has 4 bridgehead atoms. The van der Waals surface area contributed by atoms with Crippen molar-refractivity contribution >= 4 is 17.8 Å². The first-order valence-corrected chi connectivity index (χ1v) is 11.0. The smallest absolute Gasteiger partial charge is 0.321 e. The zero-order valence-corrected chi connectivity index (χ0v) is 17.6. The van der Waals surface area contributed by atoms with Crippen molar-refractivity contribution in [2.45, 2.75) is 57.0 Å². The van der Waals surface area contributed by atoms with Crippen LogP contribution in [0.3, 0.4) is 0 Å². The lowest BCUT2D eigenvalue weighted by molar-refractivity contribution is -0.137. The summed E-state index contributed by atoms with van der Waals surface area (Å²) in [6.45, 7) is 4.14. The van der Waals surface area contributed by atoms with Gasteiger partial charge in [0.05, 0.1) is 25.8 Å². The molecular formula is C21H34N4O4. The highest BCUT2D eigenvalue weighted by atomic mass is 16.5. The molecule has 1 aliphatic heterocycles. The van der Waals surface area contributed by atoms with Crippen LogP contribution in [-0.4, -0.2) is 79.1 Å². The van der Waals surface area contributed by atoms with Gasteiger partial charge in [-0.1, -0.05) is 0 Å². The van der Waals surface area contributed by atoms with Crippen molar-refractivity contribution in [2.24, 2.45) is 17.8 Å². The van der Waals surface area contributed by atoms with Gasteiger partial charge in [0.2, 0.25) is 11.8 Å². The second-order valence-corrected chi connectivity index (χ2v) is 9.73. The second kappa shape index (κ2) is 8.22. The third-order valence-electron chi connectivity index (χ3n) is 7.44. The topological polar surface area (TPSA) is 91.0 Å². The van der Waals surface area contributed by atoms with E-state index in [1.165, 1.54) is 19.3 Å². The van der Waals surface area contributed by atoms with Crippen molar-refractivity contribution in [3.05, 3.63) is 0 Å². The van der Waals surface area contributed by atoms with Crippen LogP contribution in [0.4, 0.5) is 4.79 Å². The van der Waals surface area contributed by atoms with E-state index in [-0.39, 0.29) is 23.9 Å². The Bertz CT molecular complexity index is 626. The average molecular weight is 407 g/mol. The van der Waals surface area contributed by atoms with Gasteiger partial charge in [0.1, 0.15) is 0 Å². The lowest BCUT2D eigenvalue weighted by Gasteiger charge is -2.56. The van der Waals surface area contributed by atoms with E-state index in [1.54, 1.807) is 23.8 Å². The summed E-state index contributed by atoms with van der Waals surface area (Å²) in [6, 6.07) is -0.959. The largest absolute Gasteiger partial charge is 0.378 e. The van der Waals surface area contributed by atoms with E-state index in [4.69, 9.17) is 4.74 Å². The van der Waals surface area contributed by atoms with E-state index in [1.807, 2.05) is 0 Å². The summed E-state index contributed by atoms with van der Waals surface area (Å²) in [6.07, 6.45) is 7.06. The first-order valence-electron chi connectivity index (χ1n) is 11.0. The second-order valence-electron chi connectivity index (χ2n) is 9.73. The number of amides is 4. The van der Waals surface area contributed by atoms with Gasteiger partial charge in [0.15, 0.2) is 0 Å². The van der Waals surface area contributed by atoms with Crippen molar-refractivity contribution in [1.29, 1.82) is 0 Å². The highest BCUT2D eigenvalue weighted by Crippen LogP contribution is 2.55. The minimum absolute atomic E-state index is 0.0199. The number of hydrogen-bond donors (Lipinski definition) is 2. The molecule has 4 saturated carbocycles. The van der Waals surface area contributed by atoms with E-state index in [2.05, 4.69) is 10.6 Å². The van der Waals surface area contributed by atoms with Gasteiger partial charge in [-0.2, -0.15) is 0 Å². The van der Waals surface area contributed by atoms with Crippen LogP contribution in [-0.2, 0) is 14.3 Å². The van der Waals surface area contributed by atoms with Gasteiger partial charge in [-0.25, -0.2) is 4.79 Å². The molecule has 29 heavy (non-hydrogen) atoms. The van der Waals surface area contributed by atoms with Crippen molar-refractivity contribution in [3.8, 4) is 0 Å². The third-order valence-corrected chi connectivity index (χ3v) is 7.44. The van der Waals surface area contributed by atoms with Crippen LogP contribution >= 0.6 is 0 Å². The van der Waals surface area contributed by atoms with Gasteiger partial charge in [-0.15, -0.1) is 0 Å². The quantitative estimate of drug-likeness (QED) is 0.710. The van der Waals surface area contributed by atoms with Crippen LogP contribution < -0.4 is 10.6 Å². The van der Waals surface area contributed by atoms with Gasteiger partial charge in [0, 0.05) is 18.6 Å². The molecule has 5 rings (SSSR count). The average Bonchev–Trinajstić information content (AvgIpc) is 2.66. The molecule has 0 aromatic rings. The van der Waals surface area contributed by atoms with Crippen LogP contribution in [0, 0.1) is 17.8 Å². The number of hydrogen-bond acceptors (Lipinski definition) is 5. The number of urea groups is 1. The molecule has 8 heteroatoms. The molecule has 0 unspecified atom stereocenters. The number of imide groups is 1. The standard InChI is InChI=1S/C21H34N4O4/c1-14(24(2)13-18(26)25-3-5-29-6-4-25)19(27)22-20(28)23-21-10-15-7-16(11-21)9-17(8-15)12-21/h14-17H,3-13H2,1-2H3,(H2,22,23,27,28)/t14-,15?,16?,17?,21?/m1/s1. The molecule has 4 aliphatic carbocycles. The maximum absolute atomic E-state index is 12.6. The Kier molecular flexibility index (Phi) is 5.84. The Labute approximate surface area is 172 Å². The summed E-state index contributed by atoms with van der Waals surface area (Å²) >= 11 is 0. The highest BCUT2D eigenvalue weighted by molar-refractivity contribution is 5.97. The summed E-state index contributed by atoms with van der Waals surface area (Å²) in [7, 11) is 1.74.